The summed E-state index contributed by atoms with van der Waals surface area (Å²) >= 11 is 0. The average molecular weight is 355 g/mol. The van der Waals surface area contributed by atoms with Gasteiger partial charge < -0.3 is 14.5 Å². The molecule has 0 spiro atoms. The van der Waals surface area contributed by atoms with E-state index in [9.17, 15) is 18.8 Å². The van der Waals surface area contributed by atoms with Crippen molar-refractivity contribution in [2.45, 2.75) is 13.0 Å². The van der Waals surface area contributed by atoms with Gasteiger partial charge in [-0.3, -0.25) is 9.59 Å². The Kier molecular flexibility index (Phi) is 4.79. The van der Waals surface area contributed by atoms with Crippen LogP contribution in [-0.2, 0) is 9.53 Å². The van der Waals surface area contributed by atoms with Gasteiger partial charge in [0.15, 0.2) is 11.5 Å². The molecule has 1 amide bonds. The number of carbonyl (C=O) groups is 2. The lowest BCUT2D eigenvalue weighted by Crippen LogP contribution is -2.30. The molecular weight excluding hydrogens is 341 g/mol. The highest BCUT2D eigenvalue weighted by molar-refractivity contribution is 5.97. The highest BCUT2D eigenvalue weighted by atomic mass is 19.1. The molecule has 132 valence electrons. The lowest BCUT2D eigenvalue weighted by Gasteiger charge is -2.13. The normalized spacial score (nSPS) is 11.8. The van der Waals surface area contributed by atoms with Crippen molar-refractivity contribution < 1.29 is 23.1 Å². The molecular formula is C19H14FNO5. The molecule has 2 aromatic carbocycles. The van der Waals surface area contributed by atoms with Crippen molar-refractivity contribution in [1.82, 2.24) is 0 Å². The Balaban J connectivity index is 1.71. The molecule has 0 unspecified atom stereocenters. The zero-order valence-electron chi connectivity index (χ0n) is 13.7. The summed E-state index contributed by atoms with van der Waals surface area (Å²) in [5, 5.41) is 2.83. The lowest BCUT2D eigenvalue weighted by atomic mass is 10.2. The van der Waals surface area contributed by atoms with Crippen molar-refractivity contribution in [3.63, 3.8) is 0 Å². The van der Waals surface area contributed by atoms with Crippen LogP contribution in [0.25, 0.3) is 11.0 Å². The maximum atomic E-state index is 12.9. The van der Waals surface area contributed by atoms with E-state index in [1.165, 1.54) is 31.2 Å². The Bertz CT molecular complexity index is 1030. The van der Waals surface area contributed by atoms with E-state index < -0.39 is 23.8 Å². The van der Waals surface area contributed by atoms with Crippen LogP contribution < -0.4 is 10.7 Å². The van der Waals surface area contributed by atoms with Gasteiger partial charge in [0.05, 0.1) is 5.39 Å². The molecule has 1 heterocycles. The second kappa shape index (κ2) is 7.18. The third-order valence-electron chi connectivity index (χ3n) is 3.60. The number of benzene rings is 2. The Labute approximate surface area is 147 Å². The highest BCUT2D eigenvalue weighted by Crippen LogP contribution is 2.14. The van der Waals surface area contributed by atoms with E-state index >= 15 is 0 Å². The van der Waals surface area contributed by atoms with Crippen molar-refractivity contribution >= 4 is 28.5 Å². The van der Waals surface area contributed by atoms with Crippen LogP contribution in [0.1, 0.15) is 17.5 Å². The number of hydrogen-bond acceptors (Lipinski definition) is 5. The summed E-state index contributed by atoms with van der Waals surface area (Å²) in [6, 6.07) is 12.6. The maximum Gasteiger partial charge on any atom is 0.375 e. The van der Waals surface area contributed by atoms with Gasteiger partial charge in [-0.15, -0.1) is 0 Å². The van der Waals surface area contributed by atoms with Gasteiger partial charge in [0, 0.05) is 11.8 Å². The first-order chi connectivity index (χ1) is 12.4. The van der Waals surface area contributed by atoms with E-state index in [1.54, 1.807) is 24.3 Å². The van der Waals surface area contributed by atoms with Gasteiger partial charge in [0.1, 0.15) is 11.4 Å². The van der Waals surface area contributed by atoms with E-state index in [0.29, 0.717) is 11.1 Å². The molecule has 1 aromatic heterocycles. The topological polar surface area (TPSA) is 85.6 Å². The Morgan fingerprint density at radius 2 is 1.81 bits per heavy atom. The first-order valence-electron chi connectivity index (χ1n) is 7.74. The molecule has 0 bridgehead atoms. The summed E-state index contributed by atoms with van der Waals surface area (Å²) in [5.41, 5.74) is 0.217. The van der Waals surface area contributed by atoms with Crippen molar-refractivity contribution in [2.75, 3.05) is 5.32 Å². The number of ether oxygens (including phenoxy) is 1. The Hall–Kier alpha value is -3.48. The van der Waals surface area contributed by atoms with Gasteiger partial charge in [-0.2, -0.15) is 0 Å². The minimum atomic E-state index is -1.15. The Morgan fingerprint density at radius 1 is 1.12 bits per heavy atom. The number of halogens is 1. The standard InChI is InChI=1S/C19H14FNO5/c1-11(18(23)21-13-8-6-12(20)7-9-13)25-19(24)17-10-15(22)14-4-2-3-5-16(14)26-17/h2-11H,1H3,(H,21,23)/t11-/m1/s1. The van der Waals surface area contributed by atoms with Gasteiger partial charge in [0.25, 0.3) is 5.91 Å². The lowest BCUT2D eigenvalue weighted by molar-refractivity contribution is -0.123. The summed E-state index contributed by atoms with van der Waals surface area (Å²) in [6.07, 6.45) is -1.15. The fourth-order valence-electron chi connectivity index (χ4n) is 2.25. The van der Waals surface area contributed by atoms with Crippen LogP contribution in [0, 0.1) is 5.82 Å². The quantitative estimate of drug-likeness (QED) is 0.727. The van der Waals surface area contributed by atoms with Crippen molar-refractivity contribution in [3.8, 4) is 0 Å². The fourth-order valence-corrected chi connectivity index (χ4v) is 2.25. The average Bonchev–Trinajstić information content (AvgIpc) is 2.63. The monoisotopic (exact) mass is 355 g/mol. The van der Waals surface area contributed by atoms with Crippen LogP contribution in [0.3, 0.4) is 0 Å². The first kappa shape index (κ1) is 17.3. The summed E-state index contributed by atoms with van der Waals surface area (Å²) in [5.74, 6) is -2.27. The summed E-state index contributed by atoms with van der Waals surface area (Å²) in [4.78, 5) is 36.3. The molecule has 3 aromatic rings. The van der Waals surface area contributed by atoms with Gasteiger partial charge >= 0.3 is 5.97 Å². The Morgan fingerprint density at radius 3 is 2.54 bits per heavy atom. The van der Waals surface area contributed by atoms with Crippen molar-refractivity contribution in [1.29, 1.82) is 0 Å². The predicted octanol–water partition coefficient (Wildman–Crippen LogP) is 3.12. The second-order valence-electron chi connectivity index (χ2n) is 5.51. The first-order valence-corrected chi connectivity index (χ1v) is 7.74. The number of carbonyl (C=O) groups excluding carboxylic acids is 2. The number of anilines is 1. The molecule has 0 fully saturated rings. The van der Waals surface area contributed by atoms with Crippen LogP contribution in [0.4, 0.5) is 10.1 Å². The van der Waals surface area contributed by atoms with Crippen LogP contribution in [-0.4, -0.2) is 18.0 Å². The van der Waals surface area contributed by atoms with E-state index in [4.69, 9.17) is 9.15 Å². The van der Waals surface area contributed by atoms with Gasteiger partial charge in [-0.1, -0.05) is 12.1 Å². The molecule has 0 radical (unpaired) electrons. The summed E-state index contributed by atoms with van der Waals surface area (Å²) < 4.78 is 23.3. The van der Waals surface area contributed by atoms with Crippen molar-refractivity contribution in [2.24, 2.45) is 0 Å². The number of esters is 1. The number of amides is 1. The number of para-hydroxylation sites is 1. The molecule has 26 heavy (non-hydrogen) atoms. The second-order valence-corrected chi connectivity index (χ2v) is 5.51. The molecule has 0 saturated heterocycles. The van der Waals surface area contributed by atoms with E-state index in [2.05, 4.69) is 5.32 Å². The fraction of sp³-hybridized carbons (Fsp3) is 0.105. The summed E-state index contributed by atoms with van der Waals surface area (Å²) in [7, 11) is 0. The minimum absolute atomic E-state index is 0.246. The van der Waals surface area contributed by atoms with Crippen molar-refractivity contribution in [3.05, 3.63) is 76.4 Å². The van der Waals surface area contributed by atoms with E-state index in [-0.39, 0.29) is 16.8 Å². The number of fused-ring (bicyclic) bond motifs is 1. The van der Waals surface area contributed by atoms with Gasteiger partial charge in [0.2, 0.25) is 5.76 Å². The molecule has 0 aliphatic heterocycles. The van der Waals surface area contributed by atoms with E-state index in [0.717, 1.165) is 6.07 Å². The third-order valence-corrected chi connectivity index (χ3v) is 3.60. The molecule has 1 N–H and O–H groups in total. The zero-order chi connectivity index (χ0) is 18.7. The predicted molar refractivity (Wildman–Crippen MR) is 92.4 cm³/mol. The molecule has 0 aliphatic rings. The molecule has 3 rings (SSSR count). The van der Waals surface area contributed by atoms with Crippen LogP contribution in [0.2, 0.25) is 0 Å². The largest absolute Gasteiger partial charge is 0.449 e. The number of nitrogens with one attached hydrogen (secondary N) is 1. The molecule has 7 heteroatoms. The smallest absolute Gasteiger partial charge is 0.375 e. The number of rotatable bonds is 4. The van der Waals surface area contributed by atoms with E-state index in [1.807, 2.05) is 0 Å². The minimum Gasteiger partial charge on any atom is -0.449 e. The molecule has 1 atom stereocenters. The van der Waals surface area contributed by atoms with Crippen LogP contribution in [0.5, 0.6) is 0 Å². The summed E-state index contributed by atoms with van der Waals surface area (Å²) in [6.45, 7) is 1.37. The molecule has 6 nitrogen and oxygen atoms in total. The SMILES string of the molecule is C[C@@H](OC(=O)c1cc(=O)c2ccccc2o1)C(=O)Nc1ccc(F)cc1. The van der Waals surface area contributed by atoms with Gasteiger partial charge in [-0.05, 0) is 43.3 Å². The molecule has 0 aliphatic carbocycles. The third kappa shape index (κ3) is 3.77. The van der Waals surface area contributed by atoms with Crippen LogP contribution in [0.15, 0.2) is 63.8 Å². The zero-order valence-corrected chi connectivity index (χ0v) is 13.7. The molecule has 0 saturated carbocycles. The highest BCUT2D eigenvalue weighted by Gasteiger charge is 2.21. The van der Waals surface area contributed by atoms with Crippen LogP contribution >= 0.6 is 0 Å². The maximum absolute atomic E-state index is 12.9. The number of hydrogen-bond donors (Lipinski definition) is 1. The van der Waals surface area contributed by atoms with Gasteiger partial charge in [-0.25, -0.2) is 9.18 Å².